The lowest BCUT2D eigenvalue weighted by molar-refractivity contribution is 0.0940. The second-order valence-electron chi connectivity index (χ2n) is 6.80. The molecule has 4 rings (SSSR count). The number of hydrogen-bond donors (Lipinski definition) is 2. The van der Waals surface area contributed by atoms with Gasteiger partial charge in [-0.05, 0) is 28.0 Å². The first-order chi connectivity index (χ1) is 14.0. The molecule has 0 aliphatic heterocycles. The lowest BCUT2D eigenvalue weighted by Crippen LogP contribution is -2.40. The van der Waals surface area contributed by atoms with Crippen molar-refractivity contribution in [3.63, 3.8) is 0 Å². The molecule has 3 aromatic carbocycles. The Bertz CT molecular complexity index is 1310. The van der Waals surface area contributed by atoms with Crippen LogP contribution in [0.2, 0.25) is 0 Å². The van der Waals surface area contributed by atoms with E-state index in [4.69, 9.17) is 0 Å². The van der Waals surface area contributed by atoms with Crippen LogP contribution in [0.4, 0.5) is 0 Å². The molecule has 1 atom stereocenters. The SMILES string of the molecule is Cn1c(=O)[nH]cc(C(=O)NC(c2ccccc2)c2ccc3ccccc3c2)c1=O. The molecule has 0 fully saturated rings. The second kappa shape index (κ2) is 7.59. The summed E-state index contributed by atoms with van der Waals surface area (Å²) in [6, 6.07) is 23.1. The van der Waals surface area contributed by atoms with E-state index in [0.29, 0.717) is 0 Å². The molecule has 0 bridgehead atoms. The van der Waals surface area contributed by atoms with Crippen LogP contribution in [-0.4, -0.2) is 15.5 Å². The fourth-order valence-corrected chi connectivity index (χ4v) is 3.33. The average molecular weight is 385 g/mol. The van der Waals surface area contributed by atoms with Crippen LogP contribution >= 0.6 is 0 Å². The number of H-pyrrole nitrogens is 1. The molecule has 6 heteroatoms. The number of carbonyl (C=O) groups excluding carboxylic acids is 1. The van der Waals surface area contributed by atoms with Crippen LogP contribution in [0, 0.1) is 0 Å². The summed E-state index contributed by atoms with van der Waals surface area (Å²) >= 11 is 0. The van der Waals surface area contributed by atoms with Crippen molar-refractivity contribution in [3.05, 3.63) is 117 Å². The zero-order valence-corrected chi connectivity index (χ0v) is 15.8. The minimum absolute atomic E-state index is 0.117. The third-order valence-corrected chi connectivity index (χ3v) is 4.94. The van der Waals surface area contributed by atoms with Crippen molar-refractivity contribution in [2.45, 2.75) is 6.04 Å². The smallest absolute Gasteiger partial charge is 0.328 e. The Morgan fingerprint density at radius 3 is 2.34 bits per heavy atom. The fraction of sp³-hybridized carbons (Fsp3) is 0.0870. The predicted molar refractivity (Wildman–Crippen MR) is 112 cm³/mol. The van der Waals surface area contributed by atoms with E-state index in [-0.39, 0.29) is 5.56 Å². The van der Waals surface area contributed by atoms with Gasteiger partial charge in [-0.1, -0.05) is 66.7 Å². The van der Waals surface area contributed by atoms with Crippen LogP contribution in [0.1, 0.15) is 27.5 Å². The maximum atomic E-state index is 12.9. The zero-order chi connectivity index (χ0) is 20.4. The Morgan fingerprint density at radius 1 is 0.897 bits per heavy atom. The van der Waals surface area contributed by atoms with Gasteiger partial charge in [0.2, 0.25) is 0 Å². The fourth-order valence-electron chi connectivity index (χ4n) is 3.33. The molecule has 1 aromatic heterocycles. The van der Waals surface area contributed by atoms with Crippen LogP contribution in [-0.2, 0) is 7.05 Å². The first-order valence-electron chi connectivity index (χ1n) is 9.18. The molecule has 0 aliphatic rings. The minimum atomic E-state index is -0.642. The van der Waals surface area contributed by atoms with Crippen molar-refractivity contribution < 1.29 is 4.79 Å². The summed E-state index contributed by atoms with van der Waals surface area (Å²) in [5.41, 5.74) is 0.452. The van der Waals surface area contributed by atoms with Crippen LogP contribution < -0.4 is 16.6 Å². The number of nitrogens with zero attached hydrogens (tertiary/aromatic N) is 1. The molecule has 2 N–H and O–H groups in total. The maximum Gasteiger partial charge on any atom is 0.328 e. The van der Waals surface area contributed by atoms with Crippen molar-refractivity contribution in [3.8, 4) is 0 Å². The molecule has 4 aromatic rings. The van der Waals surface area contributed by atoms with Gasteiger partial charge in [-0.3, -0.25) is 14.2 Å². The van der Waals surface area contributed by atoms with Gasteiger partial charge in [-0.2, -0.15) is 0 Å². The summed E-state index contributed by atoms with van der Waals surface area (Å²) in [6.07, 6.45) is 1.16. The number of fused-ring (bicyclic) bond motifs is 1. The maximum absolute atomic E-state index is 12.9. The van der Waals surface area contributed by atoms with Crippen molar-refractivity contribution in [2.24, 2.45) is 7.05 Å². The Hall–Kier alpha value is -3.93. The summed E-state index contributed by atoms with van der Waals surface area (Å²) in [5, 5.41) is 5.10. The molecule has 29 heavy (non-hydrogen) atoms. The minimum Gasteiger partial charge on any atom is -0.341 e. The van der Waals surface area contributed by atoms with Crippen molar-refractivity contribution in [1.82, 2.24) is 14.9 Å². The molecule has 0 saturated heterocycles. The molecule has 1 amide bonds. The average Bonchev–Trinajstić information content (AvgIpc) is 2.76. The second-order valence-corrected chi connectivity index (χ2v) is 6.80. The van der Waals surface area contributed by atoms with Gasteiger partial charge in [0.25, 0.3) is 11.5 Å². The molecule has 0 saturated carbocycles. The van der Waals surface area contributed by atoms with E-state index in [1.807, 2.05) is 72.8 Å². The number of aromatic nitrogens is 2. The molecule has 144 valence electrons. The predicted octanol–water partition coefficient (Wildman–Crippen LogP) is 2.75. The van der Waals surface area contributed by atoms with E-state index in [9.17, 15) is 14.4 Å². The van der Waals surface area contributed by atoms with E-state index in [1.165, 1.54) is 7.05 Å². The standard InChI is InChI=1S/C23H19N3O3/c1-26-22(28)19(14-24-23(26)29)21(27)25-20(16-8-3-2-4-9-16)18-12-11-15-7-5-6-10-17(15)13-18/h2-14,20H,1H3,(H,24,29)(H,25,27). The number of hydrogen-bond acceptors (Lipinski definition) is 3. The number of carbonyl (C=O) groups is 1. The van der Waals surface area contributed by atoms with Crippen LogP contribution in [0.25, 0.3) is 10.8 Å². The highest BCUT2D eigenvalue weighted by atomic mass is 16.2. The van der Waals surface area contributed by atoms with Gasteiger partial charge in [0, 0.05) is 13.2 Å². The molecule has 0 spiro atoms. The quantitative estimate of drug-likeness (QED) is 0.567. The van der Waals surface area contributed by atoms with Crippen LogP contribution in [0.5, 0.6) is 0 Å². The highest BCUT2D eigenvalue weighted by Gasteiger charge is 2.20. The van der Waals surface area contributed by atoms with Crippen LogP contribution in [0.15, 0.2) is 88.6 Å². The summed E-state index contributed by atoms with van der Waals surface area (Å²) in [6.45, 7) is 0. The Labute approximate surface area is 166 Å². The summed E-state index contributed by atoms with van der Waals surface area (Å²) < 4.78 is 0.877. The molecular weight excluding hydrogens is 366 g/mol. The Kier molecular flexibility index (Phi) is 4.83. The number of rotatable bonds is 4. The van der Waals surface area contributed by atoms with Gasteiger partial charge < -0.3 is 10.3 Å². The number of aromatic amines is 1. The Balaban J connectivity index is 1.77. The molecular formula is C23H19N3O3. The normalized spacial score (nSPS) is 11.9. The number of benzene rings is 3. The van der Waals surface area contributed by atoms with Gasteiger partial charge in [-0.15, -0.1) is 0 Å². The van der Waals surface area contributed by atoms with Gasteiger partial charge in [-0.25, -0.2) is 4.79 Å². The topological polar surface area (TPSA) is 84.0 Å². The first kappa shape index (κ1) is 18.4. The van der Waals surface area contributed by atoms with E-state index in [0.717, 1.165) is 32.7 Å². The van der Waals surface area contributed by atoms with Crippen molar-refractivity contribution >= 4 is 16.7 Å². The van der Waals surface area contributed by atoms with Gasteiger partial charge in [0.15, 0.2) is 0 Å². The summed E-state index contributed by atoms with van der Waals surface area (Å²) in [7, 11) is 1.33. The number of nitrogens with one attached hydrogen (secondary N) is 2. The summed E-state index contributed by atoms with van der Waals surface area (Å²) in [4.78, 5) is 39.2. The largest absolute Gasteiger partial charge is 0.341 e. The van der Waals surface area contributed by atoms with Crippen LogP contribution in [0.3, 0.4) is 0 Å². The monoisotopic (exact) mass is 385 g/mol. The van der Waals surface area contributed by atoms with Crippen molar-refractivity contribution in [2.75, 3.05) is 0 Å². The van der Waals surface area contributed by atoms with Gasteiger partial charge in [0.1, 0.15) is 5.56 Å². The number of amides is 1. The molecule has 6 nitrogen and oxygen atoms in total. The third-order valence-electron chi connectivity index (χ3n) is 4.94. The highest BCUT2D eigenvalue weighted by Crippen LogP contribution is 2.26. The van der Waals surface area contributed by atoms with Gasteiger partial charge in [0.05, 0.1) is 6.04 Å². The highest BCUT2D eigenvalue weighted by molar-refractivity contribution is 5.94. The lowest BCUT2D eigenvalue weighted by atomic mass is 9.96. The van der Waals surface area contributed by atoms with Crippen molar-refractivity contribution in [1.29, 1.82) is 0 Å². The van der Waals surface area contributed by atoms with Gasteiger partial charge >= 0.3 is 5.69 Å². The zero-order valence-electron chi connectivity index (χ0n) is 15.8. The Morgan fingerprint density at radius 2 is 1.59 bits per heavy atom. The molecule has 1 unspecified atom stereocenters. The third kappa shape index (κ3) is 3.60. The van der Waals surface area contributed by atoms with E-state index < -0.39 is 23.2 Å². The van der Waals surface area contributed by atoms with E-state index in [1.54, 1.807) is 0 Å². The lowest BCUT2D eigenvalue weighted by Gasteiger charge is -2.20. The molecule has 1 heterocycles. The molecule has 0 radical (unpaired) electrons. The van der Waals surface area contributed by atoms with E-state index in [2.05, 4.69) is 10.3 Å². The van der Waals surface area contributed by atoms with E-state index >= 15 is 0 Å². The molecule has 0 aliphatic carbocycles. The first-order valence-corrected chi connectivity index (χ1v) is 9.18. The summed E-state index contributed by atoms with van der Waals surface area (Å²) in [5.74, 6) is -0.552.